The van der Waals surface area contributed by atoms with E-state index in [2.05, 4.69) is 15.0 Å². The lowest BCUT2D eigenvalue weighted by atomic mass is 10.1. The molecule has 0 radical (unpaired) electrons. The second-order valence-electron chi connectivity index (χ2n) is 3.62. The zero-order valence-electron chi connectivity index (χ0n) is 9.95. The highest BCUT2D eigenvalue weighted by molar-refractivity contribution is 7.80. The lowest BCUT2D eigenvalue weighted by molar-refractivity contribution is -0.141. The molecule has 0 aliphatic carbocycles. The van der Waals surface area contributed by atoms with Crippen LogP contribution in [0.3, 0.4) is 0 Å². The van der Waals surface area contributed by atoms with Gasteiger partial charge in [-0.15, -0.1) is 0 Å². The number of rotatable bonds is 2. The molecule has 0 aromatic heterocycles. The SMILES string of the molecule is COC(=O)[C@H]1C(=S)Nc2ccccc2OC1=NC=O. The Morgan fingerprint density at radius 3 is 2.95 bits per heavy atom. The highest BCUT2D eigenvalue weighted by atomic mass is 32.1. The summed E-state index contributed by atoms with van der Waals surface area (Å²) in [5.74, 6) is -1.37. The first-order valence-corrected chi connectivity index (χ1v) is 5.75. The van der Waals surface area contributed by atoms with Gasteiger partial charge in [-0.1, -0.05) is 24.4 Å². The molecule has 0 saturated heterocycles. The first-order chi connectivity index (χ1) is 9.17. The largest absolute Gasteiger partial charge is 0.468 e. The van der Waals surface area contributed by atoms with Crippen molar-refractivity contribution >= 4 is 41.2 Å². The minimum absolute atomic E-state index is 0.107. The zero-order valence-corrected chi connectivity index (χ0v) is 10.8. The normalized spacial score (nSPS) is 19.7. The third-order valence-corrected chi connectivity index (χ3v) is 2.82. The van der Waals surface area contributed by atoms with E-state index >= 15 is 0 Å². The highest BCUT2D eigenvalue weighted by Crippen LogP contribution is 2.29. The Bertz CT molecular complexity index is 571. The van der Waals surface area contributed by atoms with Crippen molar-refractivity contribution in [2.24, 2.45) is 10.9 Å². The van der Waals surface area contributed by atoms with Crippen LogP contribution in [-0.2, 0) is 14.3 Å². The number of ether oxygens (including phenoxy) is 2. The maximum absolute atomic E-state index is 11.7. The highest BCUT2D eigenvalue weighted by Gasteiger charge is 2.35. The molecule has 1 aliphatic rings. The average Bonchev–Trinajstić information content (AvgIpc) is 2.54. The van der Waals surface area contributed by atoms with E-state index in [4.69, 9.17) is 17.0 Å². The van der Waals surface area contributed by atoms with Gasteiger partial charge < -0.3 is 14.8 Å². The number of amides is 1. The summed E-state index contributed by atoms with van der Waals surface area (Å²) in [5, 5.41) is 2.88. The van der Waals surface area contributed by atoms with Gasteiger partial charge >= 0.3 is 5.97 Å². The molecule has 2 rings (SSSR count). The van der Waals surface area contributed by atoms with Crippen LogP contribution in [0.15, 0.2) is 29.3 Å². The van der Waals surface area contributed by atoms with E-state index < -0.39 is 11.9 Å². The predicted molar refractivity (Wildman–Crippen MR) is 72.3 cm³/mol. The van der Waals surface area contributed by atoms with Crippen molar-refractivity contribution in [3.05, 3.63) is 24.3 Å². The minimum atomic E-state index is -1.04. The monoisotopic (exact) mass is 278 g/mol. The molecular formula is C12H10N2O4S. The van der Waals surface area contributed by atoms with Crippen molar-refractivity contribution in [1.29, 1.82) is 0 Å². The number of nitrogens with one attached hydrogen (secondary N) is 1. The van der Waals surface area contributed by atoms with Gasteiger partial charge in [-0.05, 0) is 12.1 Å². The van der Waals surface area contributed by atoms with Crippen LogP contribution in [-0.4, -0.2) is 30.4 Å². The fraction of sp³-hybridized carbons (Fsp3) is 0.167. The molecule has 1 aliphatic heterocycles. The number of thiocarbonyl (C=S) groups is 1. The summed E-state index contributed by atoms with van der Waals surface area (Å²) >= 11 is 5.14. The van der Waals surface area contributed by atoms with Crippen molar-refractivity contribution in [3.8, 4) is 5.75 Å². The molecule has 7 heteroatoms. The minimum Gasteiger partial charge on any atom is -0.468 e. The third kappa shape index (κ3) is 2.60. The lowest BCUT2D eigenvalue weighted by Gasteiger charge is -2.13. The smallest absolute Gasteiger partial charge is 0.325 e. The van der Waals surface area contributed by atoms with E-state index in [1.807, 2.05) is 0 Å². The summed E-state index contributed by atoms with van der Waals surface area (Å²) in [6.07, 6.45) is 0.293. The number of fused-ring (bicyclic) bond motifs is 1. The van der Waals surface area contributed by atoms with E-state index in [9.17, 15) is 9.59 Å². The first kappa shape index (κ1) is 13.2. The number of anilines is 1. The molecule has 6 nitrogen and oxygen atoms in total. The fourth-order valence-corrected chi connectivity index (χ4v) is 1.93. The van der Waals surface area contributed by atoms with Crippen molar-refractivity contribution in [2.45, 2.75) is 0 Å². The van der Waals surface area contributed by atoms with Crippen molar-refractivity contribution < 1.29 is 19.1 Å². The van der Waals surface area contributed by atoms with Gasteiger partial charge in [0.05, 0.1) is 12.8 Å². The molecule has 19 heavy (non-hydrogen) atoms. The summed E-state index contributed by atoms with van der Waals surface area (Å²) in [7, 11) is 1.22. The molecule has 0 unspecified atom stereocenters. The Kier molecular flexibility index (Phi) is 3.86. The number of methoxy groups -OCH3 is 1. The average molecular weight is 278 g/mol. The number of hydrogen-bond donors (Lipinski definition) is 1. The first-order valence-electron chi connectivity index (χ1n) is 5.34. The number of esters is 1. The fourth-order valence-electron chi connectivity index (χ4n) is 1.63. The summed E-state index contributed by atoms with van der Waals surface area (Å²) in [4.78, 5) is 26.0. The molecule has 1 amide bonds. The summed E-state index contributed by atoms with van der Waals surface area (Å²) in [6.45, 7) is 0. The molecule has 1 N–H and O–H groups in total. The van der Waals surface area contributed by atoms with Crippen LogP contribution in [0.5, 0.6) is 5.75 Å². The van der Waals surface area contributed by atoms with Gasteiger partial charge in [0.2, 0.25) is 12.3 Å². The van der Waals surface area contributed by atoms with Crippen LogP contribution in [0, 0.1) is 5.92 Å². The topological polar surface area (TPSA) is 77.0 Å². The van der Waals surface area contributed by atoms with Crippen LogP contribution < -0.4 is 10.1 Å². The molecular weight excluding hydrogens is 268 g/mol. The van der Waals surface area contributed by atoms with E-state index in [-0.39, 0.29) is 10.9 Å². The lowest BCUT2D eigenvalue weighted by Crippen LogP contribution is -2.36. The zero-order chi connectivity index (χ0) is 13.8. The molecule has 0 fully saturated rings. The van der Waals surface area contributed by atoms with Crippen molar-refractivity contribution in [1.82, 2.24) is 0 Å². The predicted octanol–water partition coefficient (Wildman–Crippen LogP) is 1.16. The van der Waals surface area contributed by atoms with E-state index in [1.54, 1.807) is 24.3 Å². The summed E-state index contributed by atoms with van der Waals surface area (Å²) < 4.78 is 10.1. The standard InChI is InChI=1S/C12H10N2O4S/c1-17-12(16)9-10(13-6-15)18-8-5-3-2-4-7(8)14-11(9)19/h2-6,9H,1H3,(H,14,19)/t9-/m1/s1. The van der Waals surface area contributed by atoms with Crippen LogP contribution in [0.2, 0.25) is 0 Å². The number of nitrogens with zero attached hydrogens (tertiary/aromatic N) is 1. The van der Waals surface area contributed by atoms with Gasteiger partial charge in [-0.25, -0.2) is 0 Å². The Labute approximate surface area is 114 Å². The second kappa shape index (κ2) is 5.57. The third-order valence-electron chi connectivity index (χ3n) is 2.49. The quantitative estimate of drug-likeness (QED) is 0.497. The van der Waals surface area contributed by atoms with Crippen LogP contribution in [0.4, 0.5) is 5.69 Å². The number of benzene rings is 1. The Morgan fingerprint density at radius 1 is 1.53 bits per heavy atom. The Hall–Kier alpha value is -2.28. The second-order valence-corrected chi connectivity index (χ2v) is 4.06. The van der Waals surface area contributed by atoms with Crippen molar-refractivity contribution in [2.75, 3.05) is 12.4 Å². The van der Waals surface area contributed by atoms with Crippen molar-refractivity contribution in [3.63, 3.8) is 0 Å². The molecule has 98 valence electrons. The van der Waals surface area contributed by atoms with Gasteiger partial charge in [0.1, 0.15) is 4.99 Å². The molecule has 0 spiro atoms. The Balaban J connectivity index is 2.48. The van der Waals surface area contributed by atoms with Crippen LogP contribution in [0.1, 0.15) is 0 Å². The number of carbonyl (C=O) groups excluding carboxylic acids is 2. The van der Waals surface area contributed by atoms with Gasteiger partial charge in [-0.2, -0.15) is 4.99 Å². The van der Waals surface area contributed by atoms with Gasteiger partial charge in [0, 0.05) is 0 Å². The number of aliphatic imine (C=N–C) groups is 1. The maximum atomic E-state index is 11.7. The number of hydrogen-bond acceptors (Lipinski definition) is 5. The van der Waals surface area contributed by atoms with Gasteiger partial charge in [0.25, 0.3) is 0 Å². The molecule has 0 bridgehead atoms. The number of carbonyl (C=O) groups is 2. The molecule has 1 atom stereocenters. The molecule has 1 aromatic rings. The van der Waals surface area contributed by atoms with E-state index in [0.717, 1.165) is 0 Å². The molecule has 1 heterocycles. The Morgan fingerprint density at radius 2 is 2.26 bits per heavy atom. The number of para-hydroxylation sites is 2. The summed E-state index contributed by atoms with van der Waals surface area (Å²) in [6, 6.07) is 6.94. The molecule has 1 aromatic carbocycles. The van der Waals surface area contributed by atoms with E-state index in [0.29, 0.717) is 17.8 Å². The maximum Gasteiger partial charge on any atom is 0.325 e. The summed E-state index contributed by atoms with van der Waals surface area (Å²) in [5.41, 5.74) is 0.595. The van der Waals surface area contributed by atoms with Gasteiger partial charge in [0.15, 0.2) is 11.7 Å². The van der Waals surface area contributed by atoms with Gasteiger partial charge in [-0.3, -0.25) is 9.59 Å². The van der Waals surface area contributed by atoms with E-state index in [1.165, 1.54) is 7.11 Å². The molecule has 0 saturated carbocycles. The van der Waals surface area contributed by atoms with Crippen LogP contribution >= 0.6 is 12.2 Å². The van der Waals surface area contributed by atoms with Crippen LogP contribution in [0.25, 0.3) is 0 Å².